The molecule has 130 valence electrons. The molecule has 0 bridgehead atoms. The molecule has 0 spiro atoms. The smallest absolute Gasteiger partial charge is 0.338 e. The first-order chi connectivity index (χ1) is 11.2. The van der Waals surface area contributed by atoms with Crippen LogP contribution in [0.3, 0.4) is 0 Å². The van der Waals surface area contributed by atoms with Crippen molar-refractivity contribution in [3.63, 3.8) is 0 Å². The molecule has 0 heterocycles. The minimum atomic E-state index is -0.549. The first-order valence-corrected chi connectivity index (χ1v) is 9.14. The van der Waals surface area contributed by atoms with Crippen LogP contribution in [0.15, 0.2) is 30.3 Å². The van der Waals surface area contributed by atoms with Crippen molar-refractivity contribution >= 4 is 5.97 Å². The fourth-order valence-electron chi connectivity index (χ4n) is 2.60. The Kier molecular flexibility index (Phi) is 11.2. The van der Waals surface area contributed by atoms with E-state index < -0.39 is 6.10 Å². The molecular formula is C20H32O3. The summed E-state index contributed by atoms with van der Waals surface area (Å²) in [5.41, 5.74) is 0.530. The van der Waals surface area contributed by atoms with Gasteiger partial charge in [-0.3, -0.25) is 0 Å². The number of hydrogen-bond donors (Lipinski definition) is 1. The van der Waals surface area contributed by atoms with Gasteiger partial charge in [0.05, 0.1) is 11.7 Å². The highest BCUT2D eigenvalue weighted by atomic mass is 16.5. The first kappa shape index (κ1) is 19.7. The van der Waals surface area contributed by atoms with E-state index in [1.165, 1.54) is 44.9 Å². The summed E-state index contributed by atoms with van der Waals surface area (Å²) < 4.78 is 5.13. The maximum atomic E-state index is 11.7. The number of esters is 1. The molecule has 0 amide bonds. The summed E-state index contributed by atoms with van der Waals surface area (Å²) in [5.74, 6) is -0.364. The average molecular weight is 320 g/mol. The Morgan fingerprint density at radius 2 is 1.52 bits per heavy atom. The van der Waals surface area contributed by atoms with Crippen LogP contribution in [0.1, 0.15) is 81.5 Å². The van der Waals surface area contributed by atoms with Crippen molar-refractivity contribution in [2.75, 3.05) is 6.61 Å². The van der Waals surface area contributed by atoms with Crippen molar-refractivity contribution in [2.45, 2.75) is 77.2 Å². The van der Waals surface area contributed by atoms with Gasteiger partial charge >= 0.3 is 5.97 Å². The molecule has 1 aromatic carbocycles. The van der Waals surface area contributed by atoms with E-state index in [1.807, 2.05) is 6.07 Å². The molecule has 1 unspecified atom stereocenters. The second-order valence-electron chi connectivity index (χ2n) is 6.24. The van der Waals surface area contributed by atoms with Gasteiger partial charge in [0.2, 0.25) is 0 Å². The van der Waals surface area contributed by atoms with Crippen LogP contribution in [0.4, 0.5) is 0 Å². The van der Waals surface area contributed by atoms with Gasteiger partial charge in [-0.15, -0.1) is 0 Å². The molecule has 3 heteroatoms. The zero-order valence-electron chi connectivity index (χ0n) is 14.5. The highest BCUT2D eigenvalue weighted by molar-refractivity contribution is 5.89. The van der Waals surface area contributed by atoms with Crippen molar-refractivity contribution in [2.24, 2.45) is 0 Å². The summed E-state index contributed by atoms with van der Waals surface area (Å²) in [7, 11) is 0. The third-order valence-corrected chi connectivity index (χ3v) is 4.06. The normalized spacial score (nSPS) is 12.1. The predicted molar refractivity (Wildman–Crippen MR) is 94.6 cm³/mol. The van der Waals surface area contributed by atoms with E-state index in [-0.39, 0.29) is 12.6 Å². The lowest BCUT2D eigenvalue weighted by Gasteiger charge is -2.11. The first-order valence-electron chi connectivity index (χ1n) is 9.14. The Balaban J connectivity index is 1.96. The molecule has 0 aliphatic heterocycles. The van der Waals surface area contributed by atoms with E-state index in [2.05, 4.69) is 6.92 Å². The molecule has 0 aliphatic rings. The SMILES string of the molecule is CCCCCCCCCCCC(O)COC(=O)c1ccccc1. The molecule has 1 N–H and O–H groups in total. The number of carbonyl (C=O) groups excluding carboxylic acids is 1. The Bertz CT molecular complexity index is 403. The number of ether oxygens (including phenoxy) is 1. The lowest BCUT2D eigenvalue weighted by Crippen LogP contribution is -2.18. The monoisotopic (exact) mass is 320 g/mol. The van der Waals surface area contributed by atoms with Crippen molar-refractivity contribution in [3.8, 4) is 0 Å². The van der Waals surface area contributed by atoms with Gasteiger partial charge < -0.3 is 9.84 Å². The number of benzene rings is 1. The van der Waals surface area contributed by atoms with Gasteiger partial charge in [-0.05, 0) is 18.6 Å². The van der Waals surface area contributed by atoms with Crippen LogP contribution >= 0.6 is 0 Å². The summed E-state index contributed by atoms with van der Waals surface area (Å²) in [5, 5.41) is 9.87. The molecule has 23 heavy (non-hydrogen) atoms. The summed E-state index contributed by atoms with van der Waals surface area (Å²) >= 11 is 0. The van der Waals surface area contributed by atoms with Crippen LogP contribution in [0, 0.1) is 0 Å². The molecule has 1 atom stereocenters. The van der Waals surface area contributed by atoms with Crippen LogP contribution in [-0.4, -0.2) is 23.8 Å². The largest absolute Gasteiger partial charge is 0.459 e. The third kappa shape index (κ3) is 10.1. The van der Waals surface area contributed by atoms with E-state index in [4.69, 9.17) is 4.74 Å². The molecule has 0 aromatic heterocycles. The maximum absolute atomic E-state index is 11.7. The topological polar surface area (TPSA) is 46.5 Å². The molecule has 1 aromatic rings. The minimum absolute atomic E-state index is 0.0880. The minimum Gasteiger partial charge on any atom is -0.459 e. The lowest BCUT2D eigenvalue weighted by atomic mass is 10.1. The predicted octanol–water partition coefficient (Wildman–Crippen LogP) is 5.13. The fraction of sp³-hybridized carbons (Fsp3) is 0.650. The summed E-state index contributed by atoms with van der Waals surface area (Å²) in [4.78, 5) is 11.7. The Hall–Kier alpha value is -1.35. The van der Waals surface area contributed by atoms with Crippen molar-refractivity contribution in [1.29, 1.82) is 0 Å². The van der Waals surface area contributed by atoms with Crippen molar-refractivity contribution in [3.05, 3.63) is 35.9 Å². The van der Waals surface area contributed by atoms with Gasteiger partial charge in [0.15, 0.2) is 0 Å². The van der Waals surface area contributed by atoms with Crippen LogP contribution in [0.2, 0.25) is 0 Å². The summed E-state index contributed by atoms with van der Waals surface area (Å²) in [6.07, 6.45) is 11.5. The molecule has 0 radical (unpaired) electrons. The van der Waals surface area contributed by atoms with Crippen molar-refractivity contribution in [1.82, 2.24) is 0 Å². The lowest BCUT2D eigenvalue weighted by molar-refractivity contribution is 0.0233. The highest BCUT2D eigenvalue weighted by Crippen LogP contribution is 2.12. The molecule has 0 saturated carbocycles. The van der Waals surface area contributed by atoms with Gasteiger partial charge in [0, 0.05) is 0 Å². The molecule has 0 saturated heterocycles. The average Bonchev–Trinajstić information content (AvgIpc) is 2.59. The van der Waals surface area contributed by atoms with E-state index in [0.717, 1.165) is 12.8 Å². The van der Waals surface area contributed by atoms with Gasteiger partial charge in [0.1, 0.15) is 6.61 Å². The number of rotatable bonds is 13. The molecular weight excluding hydrogens is 288 g/mol. The fourth-order valence-corrected chi connectivity index (χ4v) is 2.60. The standard InChI is InChI=1S/C20H32O3/c1-2-3-4-5-6-7-8-9-13-16-19(21)17-23-20(22)18-14-11-10-12-15-18/h10-12,14-15,19,21H,2-9,13,16-17H2,1H3. The van der Waals surface area contributed by atoms with Gasteiger partial charge in [0.25, 0.3) is 0 Å². The van der Waals surface area contributed by atoms with Crippen molar-refractivity contribution < 1.29 is 14.6 Å². The Morgan fingerprint density at radius 3 is 2.13 bits per heavy atom. The molecule has 0 aliphatic carbocycles. The van der Waals surface area contributed by atoms with Crippen LogP contribution in [-0.2, 0) is 4.74 Å². The molecule has 0 fully saturated rings. The Morgan fingerprint density at radius 1 is 0.957 bits per heavy atom. The zero-order chi connectivity index (χ0) is 16.8. The Labute approximate surface area is 141 Å². The maximum Gasteiger partial charge on any atom is 0.338 e. The number of aliphatic hydroxyl groups excluding tert-OH is 1. The summed E-state index contributed by atoms with van der Waals surface area (Å²) in [6, 6.07) is 8.89. The van der Waals surface area contributed by atoms with E-state index >= 15 is 0 Å². The number of carbonyl (C=O) groups is 1. The molecule has 1 rings (SSSR count). The third-order valence-electron chi connectivity index (χ3n) is 4.06. The van der Waals surface area contributed by atoms with Crippen LogP contribution in [0.5, 0.6) is 0 Å². The molecule has 3 nitrogen and oxygen atoms in total. The van der Waals surface area contributed by atoms with E-state index in [9.17, 15) is 9.90 Å². The van der Waals surface area contributed by atoms with Crippen LogP contribution in [0.25, 0.3) is 0 Å². The van der Waals surface area contributed by atoms with Gasteiger partial charge in [-0.2, -0.15) is 0 Å². The number of hydrogen-bond acceptors (Lipinski definition) is 3. The number of unbranched alkanes of at least 4 members (excludes halogenated alkanes) is 8. The summed E-state index contributed by atoms with van der Waals surface area (Å²) in [6.45, 7) is 2.33. The van der Waals surface area contributed by atoms with Gasteiger partial charge in [-0.1, -0.05) is 82.9 Å². The number of aliphatic hydroxyl groups is 1. The second kappa shape index (κ2) is 13.1. The second-order valence-corrected chi connectivity index (χ2v) is 6.24. The van der Waals surface area contributed by atoms with E-state index in [0.29, 0.717) is 12.0 Å². The zero-order valence-corrected chi connectivity index (χ0v) is 14.5. The highest BCUT2D eigenvalue weighted by Gasteiger charge is 2.10. The quantitative estimate of drug-likeness (QED) is 0.405. The van der Waals surface area contributed by atoms with Gasteiger partial charge in [-0.25, -0.2) is 4.79 Å². The van der Waals surface area contributed by atoms with E-state index in [1.54, 1.807) is 24.3 Å². The van der Waals surface area contributed by atoms with Crippen LogP contribution < -0.4 is 0 Å².